The van der Waals surface area contributed by atoms with Crippen molar-refractivity contribution in [1.29, 1.82) is 0 Å². The van der Waals surface area contributed by atoms with Crippen LogP contribution in [0.3, 0.4) is 0 Å². The van der Waals surface area contributed by atoms with E-state index in [9.17, 15) is 9.18 Å². The molecular weight excluding hydrogens is 299 g/mol. The maximum atomic E-state index is 13.0. The van der Waals surface area contributed by atoms with Gasteiger partial charge in [-0.3, -0.25) is 4.79 Å². The molecule has 0 saturated carbocycles. The van der Waals surface area contributed by atoms with E-state index >= 15 is 0 Å². The maximum Gasteiger partial charge on any atom is 0.271 e. The van der Waals surface area contributed by atoms with E-state index in [1.54, 1.807) is 31.4 Å². The smallest absolute Gasteiger partial charge is 0.271 e. The van der Waals surface area contributed by atoms with Crippen LogP contribution in [0.15, 0.2) is 52.9 Å². The van der Waals surface area contributed by atoms with E-state index in [1.807, 2.05) is 0 Å². The average molecular weight is 312 g/mol. The summed E-state index contributed by atoms with van der Waals surface area (Å²) in [5.41, 5.74) is 6.59. The van der Waals surface area contributed by atoms with Gasteiger partial charge in [-0.15, -0.1) is 0 Å². The lowest BCUT2D eigenvalue weighted by molar-refractivity contribution is 0.0996. The van der Waals surface area contributed by atoms with Crippen LogP contribution in [0.4, 0.5) is 4.39 Å². The monoisotopic (exact) mass is 312 g/mol. The minimum atomic E-state index is -0.701. The van der Waals surface area contributed by atoms with E-state index in [-0.39, 0.29) is 23.2 Å². The van der Waals surface area contributed by atoms with Gasteiger partial charge in [-0.25, -0.2) is 9.37 Å². The van der Waals surface area contributed by atoms with Gasteiger partial charge in [0.2, 0.25) is 5.89 Å². The number of carbonyl (C=O) groups excluding carboxylic acids is 1. The molecule has 2 aromatic carbocycles. The van der Waals surface area contributed by atoms with Gasteiger partial charge in [-0.2, -0.15) is 0 Å². The van der Waals surface area contributed by atoms with Crippen LogP contribution in [0.25, 0.3) is 22.8 Å². The van der Waals surface area contributed by atoms with Crippen molar-refractivity contribution in [2.75, 3.05) is 7.11 Å². The quantitative estimate of drug-likeness (QED) is 0.802. The van der Waals surface area contributed by atoms with Gasteiger partial charge in [0.05, 0.1) is 7.11 Å². The molecule has 0 atom stereocenters. The highest BCUT2D eigenvalue weighted by molar-refractivity contribution is 5.97. The zero-order valence-corrected chi connectivity index (χ0v) is 12.2. The van der Waals surface area contributed by atoms with Gasteiger partial charge in [-0.1, -0.05) is 0 Å². The van der Waals surface area contributed by atoms with Crippen molar-refractivity contribution in [3.63, 3.8) is 0 Å². The Morgan fingerprint density at radius 2 is 1.70 bits per heavy atom. The van der Waals surface area contributed by atoms with Crippen LogP contribution in [-0.4, -0.2) is 18.0 Å². The van der Waals surface area contributed by atoms with E-state index in [2.05, 4.69) is 4.98 Å². The Morgan fingerprint density at radius 3 is 2.26 bits per heavy atom. The molecule has 0 spiro atoms. The van der Waals surface area contributed by atoms with Gasteiger partial charge >= 0.3 is 0 Å². The molecule has 0 fully saturated rings. The number of nitrogens with zero attached hydrogens (tertiary/aromatic N) is 1. The molecule has 0 aliphatic heterocycles. The predicted octanol–water partition coefficient (Wildman–Crippen LogP) is 3.26. The van der Waals surface area contributed by atoms with Crippen molar-refractivity contribution in [1.82, 2.24) is 4.98 Å². The molecule has 0 unspecified atom stereocenters. The van der Waals surface area contributed by atoms with Gasteiger partial charge in [0.15, 0.2) is 11.5 Å². The number of hydrogen-bond donors (Lipinski definition) is 1. The van der Waals surface area contributed by atoms with Crippen LogP contribution in [-0.2, 0) is 0 Å². The highest BCUT2D eigenvalue weighted by Gasteiger charge is 2.20. The van der Waals surface area contributed by atoms with Crippen LogP contribution in [0, 0.1) is 5.82 Å². The van der Waals surface area contributed by atoms with Crippen LogP contribution in [0.2, 0.25) is 0 Å². The molecule has 0 saturated heterocycles. The molecule has 1 aromatic heterocycles. The SMILES string of the molecule is COc1ccc(-c2oc(-c3ccc(F)cc3)nc2C(N)=O)cc1. The Morgan fingerprint density at radius 1 is 1.09 bits per heavy atom. The zero-order valence-electron chi connectivity index (χ0n) is 12.2. The van der Waals surface area contributed by atoms with Gasteiger partial charge in [0.25, 0.3) is 5.91 Å². The Kier molecular flexibility index (Phi) is 3.80. The molecule has 116 valence electrons. The van der Waals surface area contributed by atoms with Crippen LogP contribution in [0.5, 0.6) is 5.75 Å². The molecule has 23 heavy (non-hydrogen) atoms. The predicted molar refractivity (Wildman–Crippen MR) is 82.4 cm³/mol. The number of methoxy groups -OCH3 is 1. The second-order valence-corrected chi connectivity index (χ2v) is 4.80. The summed E-state index contributed by atoms with van der Waals surface area (Å²) in [4.78, 5) is 15.8. The third-order valence-corrected chi connectivity index (χ3v) is 3.30. The molecular formula is C17H13FN2O3. The molecule has 0 aliphatic rings. The Labute approximate surface area is 131 Å². The topological polar surface area (TPSA) is 78.3 Å². The number of amides is 1. The number of carbonyl (C=O) groups is 1. The summed E-state index contributed by atoms with van der Waals surface area (Å²) < 4.78 is 23.8. The molecule has 1 amide bonds. The maximum absolute atomic E-state index is 13.0. The third-order valence-electron chi connectivity index (χ3n) is 3.30. The number of oxazole rings is 1. The summed E-state index contributed by atoms with van der Waals surface area (Å²) in [6, 6.07) is 12.6. The highest BCUT2D eigenvalue weighted by atomic mass is 19.1. The number of primary amides is 1. The number of ether oxygens (including phenoxy) is 1. The van der Waals surface area contributed by atoms with E-state index in [0.29, 0.717) is 16.9 Å². The first-order valence-corrected chi connectivity index (χ1v) is 6.79. The number of benzene rings is 2. The number of nitrogens with two attached hydrogens (primary N) is 1. The minimum Gasteiger partial charge on any atom is -0.497 e. The zero-order chi connectivity index (χ0) is 16.4. The Hall–Kier alpha value is -3.15. The standard InChI is InChI=1S/C17H13FN2O3/c1-22-13-8-4-10(5-9-13)15-14(16(19)21)20-17(23-15)11-2-6-12(18)7-3-11/h2-9H,1H3,(H2,19,21). The molecule has 6 heteroatoms. The highest BCUT2D eigenvalue weighted by Crippen LogP contribution is 2.30. The van der Waals surface area contributed by atoms with E-state index < -0.39 is 5.91 Å². The molecule has 0 aliphatic carbocycles. The summed E-state index contributed by atoms with van der Waals surface area (Å²) >= 11 is 0. The fraction of sp³-hybridized carbons (Fsp3) is 0.0588. The number of halogens is 1. The summed E-state index contributed by atoms with van der Waals surface area (Å²) in [5.74, 6) is 0.0653. The molecule has 5 nitrogen and oxygen atoms in total. The van der Waals surface area contributed by atoms with Gasteiger partial charge in [-0.05, 0) is 48.5 Å². The van der Waals surface area contributed by atoms with Crippen LogP contribution >= 0.6 is 0 Å². The fourth-order valence-electron chi connectivity index (χ4n) is 2.14. The van der Waals surface area contributed by atoms with Crippen molar-refractivity contribution < 1.29 is 18.3 Å². The third kappa shape index (κ3) is 2.91. The van der Waals surface area contributed by atoms with Crippen molar-refractivity contribution in [2.24, 2.45) is 5.73 Å². The van der Waals surface area contributed by atoms with Gasteiger partial charge < -0.3 is 14.9 Å². The summed E-state index contributed by atoms with van der Waals surface area (Å²) in [5, 5.41) is 0. The molecule has 0 bridgehead atoms. The molecule has 1 heterocycles. The first-order valence-electron chi connectivity index (χ1n) is 6.79. The Balaban J connectivity index is 2.08. The van der Waals surface area contributed by atoms with Crippen molar-refractivity contribution in [3.8, 4) is 28.5 Å². The van der Waals surface area contributed by atoms with Crippen molar-refractivity contribution in [3.05, 3.63) is 60.0 Å². The minimum absolute atomic E-state index is 0.0227. The van der Waals surface area contributed by atoms with Gasteiger partial charge in [0.1, 0.15) is 11.6 Å². The van der Waals surface area contributed by atoms with E-state index in [1.165, 1.54) is 24.3 Å². The second-order valence-electron chi connectivity index (χ2n) is 4.80. The molecule has 3 rings (SSSR count). The van der Waals surface area contributed by atoms with E-state index in [4.69, 9.17) is 14.9 Å². The largest absolute Gasteiger partial charge is 0.497 e. The lowest BCUT2D eigenvalue weighted by atomic mass is 10.1. The lowest BCUT2D eigenvalue weighted by Crippen LogP contribution is -2.12. The summed E-state index contributed by atoms with van der Waals surface area (Å²) in [7, 11) is 1.56. The van der Waals surface area contributed by atoms with Gasteiger partial charge in [0, 0.05) is 11.1 Å². The molecule has 3 aromatic rings. The second kappa shape index (κ2) is 5.92. The average Bonchev–Trinajstić information content (AvgIpc) is 3.01. The lowest BCUT2D eigenvalue weighted by Gasteiger charge is -2.01. The fourth-order valence-corrected chi connectivity index (χ4v) is 2.14. The van der Waals surface area contributed by atoms with E-state index in [0.717, 1.165) is 0 Å². The van der Waals surface area contributed by atoms with Crippen LogP contribution in [0.1, 0.15) is 10.5 Å². The van der Waals surface area contributed by atoms with Crippen LogP contribution < -0.4 is 10.5 Å². The Bertz CT molecular complexity index is 839. The number of hydrogen-bond acceptors (Lipinski definition) is 4. The molecule has 2 N–H and O–H groups in total. The summed E-state index contributed by atoms with van der Waals surface area (Å²) in [6.45, 7) is 0. The summed E-state index contributed by atoms with van der Waals surface area (Å²) in [6.07, 6.45) is 0. The van der Waals surface area contributed by atoms with Crippen molar-refractivity contribution in [2.45, 2.75) is 0 Å². The number of aromatic nitrogens is 1. The van der Waals surface area contributed by atoms with Crippen molar-refractivity contribution >= 4 is 5.91 Å². The first kappa shape index (κ1) is 14.8. The molecule has 0 radical (unpaired) electrons. The normalized spacial score (nSPS) is 10.5. The first-order chi connectivity index (χ1) is 11.1. The number of rotatable bonds is 4.